The minimum atomic E-state index is -0.215. The van der Waals surface area contributed by atoms with E-state index in [-0.39, 0.29) is 6.10 Å². The van der Waals surface area contributed by atoms with Crippen molar-refractivity contribution in [2.45, 2.75) is 60.1 Å². The number of hydrogen-bond acceptors (Lipinski definition) is 6. The second kappa shape index (κ2) is 14.1. The van der Waals surface area contributed by atoms with Gasteiger partial charge >= 0.3 is 0 Å². The van der Waals surface area contributed by atoms with Crippen molar-refractivity contribution >= 4 is 0 Å². The molecule has 0 bridgehead atoms. The first-order valence-electron chi connectivity index (χ1n) is 15.2. The summed E-state index contributed by atoms with van der Waals surface area (Å²) in [6, 6.07) is 25.3. The van der Waals surface area contributed by atoms with Gasteiger partial charge in [-0.1, -0.05) is 61.5 Å². The van der Waals surface area contributed by atoms with E-state index in [1.165, 1.54) is 33.4 Å². The highest BCUT2D eigenvalue weighted by Gasteiger charge is 2.25. The number of β-amino-alcohol motifs (C(OH)–C–C–N with tert-alkyl or cyclic N) is 1. The minimum Gasteiger partial charge on any atom is -0.496 e. The lowest BCUT2D eigenvalue weighted by Gasteiger charge is -2.36. The van der Waals surface area contributed by atoms with E-state index in [0.29, 0.717) is 26.3 Å². The van der Waals surface area contributed by atoms with Gasteiger partial charge in [0.1, 0.15) is 30.5 Å². The van der Waals surface area contributed by atoms with Crippen LogP contribution in [-0.2, 0) is 26.3 Å². The van der Waals surface area contributed by atoms with E-state index in [0.717, 1.165) is 53.6 Å². The molecule has 0 aromatic heterocycles. The number of aryl methyl sites for hydroxylation is 1. The molecule has 1 aliphatic heterocycles. The van der Waals surface area contributed by atoms with Gasteiger partial charge < -0.3 is 24.6 Å². The first kappa shape index (κ1) is 30.6. The Bertz CT molecular complexity index is 1540. The highest BCUT2D eigenvalue weighted by Crippen LogP contribution is 2.32. The van der Waals surface area contributed by atoms with Crippen molar-refractivity contribution in [3.05, 3.63) is 112 Å². The lowest BCUT2D eigenvalue weighted by atomic mass is 9.92. The number of benzene rings is 4. The third-order valence-electron chi connectivity index (χ3n) is 8.37. The molecular formula is C37H44N2O4. The standard InChI is InChI=1S/C37H44N2O4/c1-6-38-19-28-13-16-36(25(2)17-28)43-24-31-10-8-12-35(27(31)4)34-11-7-9-30(26(34)3)23-42-33-15-14-29(37(18-33)41-5)20-39-21-32(40)22-39/h7-18,32,38,40H,6,19-24H2,1-5H3. The number of likely N-dealkylation sites (tertiary alicyclic amines) is 1. The zero-order valence-electron chi connectivity index (χ0n) is 26.1. The molecule has 2 N–H and O–H groups in total. The van der Waals surface area contributed by atoms with Crippen LogP contribution in [0.4, 0.5) is 0 Å². The Morgan fingerprint density at radius 1 is 0.791 bits per heavy atom. The van der Waals surface area contributed by atoms with Crippen LogP contribution in [0.3, 0.4) is 0 Å². The molecule has 0 atom stereocenters. The Balaban J connectivity index is 1.27. The van der Waals surface area contributed by atoms with Gasteiger partial charge in [0, 0.05) is 37.8 Å². The molecule has 4 aromatic rings. The molecule has 1 aliphatic rings. The smallest absolute Gasteiger partial charge is 0.127 e. The number of methoxy groups -OCH3 is 1. The molecule has 6 heteroatoms. The van der Waals surface area contributed by atoms with Gasteiger partial charge in [-0.15, -0.1) is 0 Å². The second-order valence-corrected chi connectivity index (χ2v) is 11.5. The van der Waals surface area contributed by atoms with Crippen molar-refractivity contribution in [3.63, 3.8) is 0 Å². The number of nitrogens with zero attached hydrogens (tertiary/aromatic N) is 1. The van der Waals surface area contributed by atoms with Crippen LogP contribution < -0.4 is 19.5 Å². The van der Waals surface area contributed by atoms with Crippen LogP contribution in [0.1, 0.15) is 45.9 Å². The summed E-state index contributed by atoms with van der Waals surface area (Å²) in [7, 11) is 1.69. The van der Waals surface area contributed by atoms with E-state index in [9.17, 15) is 5.11 Å². The Kier molecular flexibility index (Phi) is 10.0. The van der Waals surface area contributed by atoms with E-state index in [1.807, 2.05) is 12.1 Å². The summed E-state index contributed by atoms with van der Waals surface area (Å²) in [5.74, 6) is 2.50. The minimum absolute atomic E-state index is 0.215. The van der Waals surface area contributed by atoms with Gasteiger partial charge in [0.2, 0.25) is 0 Å². The molecule has 1 saturated heterocycles. The number of ether oxygens (including phenoxy) is 3. The molecule has 0 aliphatic carbocycles. The molecular weight excluding hydrogens is 536 g/mol. The highest BCUT2D eigenvalue weighted by atomic mass is 16.5. The number of rotatable bonds is 13. The summed E-state index contributed by atoms with van der Waals surface area (Å²) in [6.07, 6.45) is -0.215. The zero-order chi connectivity index (χ0) is 30.3. The summed E-state index contributed by atoms with van der Waals surface area (Å²) in [5.41, 5.74) is 10.7. The summed E-state index contributed by atoms with van der Waals surface area (Å²) in [5, 5.41) is 13.0. The Morgan fingerprint density at radius 2 is 1.47 bits per heavy atom. The number of hydrogen-bond donors (Lipinski definition) is 2. The Hall–Kier alpha value is -3.84. The Morgan fingerprint density at radius 3 is 2.07 bits per heavy atom. The third kappa shape index (κ3) is 7.39. The predicted molar refractivity (Wildman–Crippen MR) is 173 cm³/mol. The predicted octanol–water partition coefficient (Wildman–Crippen LogP) is 6.73. The third-order valence-corrected chi connectivity index (χ3v) is 8.37. The average Bonchev–Trinajstić information content (AvgIpc) is 2.99. The van der Waals surface area contributed by atoms with E-state index in [2.05, 4.69) is 98.6 Å². The van der Waals surface area contributed by atoms with Crippen molar-refractivity contribution in [1.82, 2.24) is 10.2 Å². The van der Waals surface area contributed by atoms with Gasteiger partial charge in [0.15, 0.2) is 0 Å². The fourth-order valence-corrected chi connectivity index (χ4v) is 5.69. The fourth-order valence-electron chi connectivity index (χ4n) is 5.69. The van der Waals surface area contributed by atoms with Crippen LogP contribution in [0.25, 0.3) is 11.1 Å². The summed E-state index contributed by atoms with van der Waals surface area (Å²) >= 11 is 0. The SMILES string of the molecule is CCNCc1ccc(OCc2cccc(-c3cccc(COc4ccc(CN5CC(O)C5)c(OC)c4)c3C)c2C)c(C)c1. The fraction of sp³-hybridized carbons (Fsp3) is 0.351. The van der Waals surface area contributed by atoms with Gasteiger partial charge in [-0.25, -0.2) is 0 Å². The van der Waals surface area contributed by atoms with Crippen molar-refractivity contribution in [3.8, 4) is 28.4 Å². The first-order chi connectivity index (χ1) is 20.9. The average molecular weight is 581 g/mol. The monoisotopic (exact) mass is 580 g/mol. The van der Waals surface area contributed by atoms with Crippen LogP contribution in [0.2, 0.25) is 0 Å². The van der Waals surface area contributed by atoms with Crippen molar-refractivity contribution in [1.29, 1.82) is 0 Å². The second-order valence-electron chi connectivity index (χ2n) is 11.5. The molecule has 6 nitrogen and oxygen atoms in total. The van der Waals surface area contributed by atoms with Gasteiger partial charge in [-0.2, -0.15) is 0 Å². The van der Waals surface area contributed by atoms with Gasteiger partial charge in [0.05, 0.1) is 13.2 Å². The molecule has 0 saturated carbocycles. The molecule has 5 rings (SSSR count). The molecule has 1 fully saturated rings. The Labute approximate surface area is 256 Å². The lowest BCUT2D eigenvalue weighted by molar-refractivity contribution is -0.00323. The highest BCUT2D eigenvalue weighted by molar-refractivity contribution is 5.72. The van der Waals surface area contributed by atoms with Crippen LogP contribution >= 0.6 is 0 Å². The topological polar surface area (TPSA) is 63.2 Å². The van der Waals surface area contributed by atoms with Crippen molar-refractivity contribution in [2.24, 2.45) is 0 Å². The van der Waals surface area contributed by atoms with E-state index in [4.69, 9.17) is 14.2 Å². The van der Waals surface area contributed by atoms with E-state index >= 15 is 0 Å². The molecule has 0 amide bonds. The zero-order valence-corrected chi connectivity index (χ0v) is 26.1. The first-order valence-corrected chi connectivity index (χ1v) is 15.2. The lowest BCUT2D eigenvalue weighted by Crippen LogP contribution is -2.49. The van der Waals surface area contributed by atoms with E-state index in [1.54, 1.807) is 7.11 Å². The molecule has 226 valence electrons. The van der Waals surface area contributed by atoms with Crippen LogP contribution in [-0.4, -0.2) is 42.9 Å². The van der Waals surface area contributed by atoms with Gasteiger partial charge in [0.25, 0.3) is 0 Å². The number of aliphatic hydroxyl groups excluding tert-OH is 1. The summed E-state index contributed by atoms with van der Waals surface area (Å²) in [6.45, 7) is 13.5. The maximum atomic E-state index is 9.59. The number of nitrogens with one attached hydrogen (secondary N) is 1. The number of aliphatic hydroxyl groups is 1. The van der Waals surface area contributed by atoms with Gasteiger partial charge in [-0.05, 0) is 84.0 Å². The van der Waals surface area contributed by atoms with E-state index < -0.39 is 0 Å². The van der Waals surface area contributed by atoms with Crippen LogP contribution in [0.15, 0.2) is 72.8 Å². The summed E-state index contributed by atoms with van der Waals surface area (Å²) < 4.78 is 18.2. The van der Waals surface area contributed by atoms with Crippen LogP contribution in [0, 0.1) is 20.8 Å². The summed E-state index contributed by atoms with van der Waals surface area (Å²) in [4.78, 5) is 2.20. The maximum Gasteiger partial charge on any atom is 0.127 e. The molecule has 0 unspecified atom stereocenters. The van der Waals surface area contributed by atoms with Crippen molar-refractivity contribution < 1.29 is 19.3 Å². The molecule has 43 heavy (non-hydrogen) atoms. The normalized spacial score (nSPS) is 13.5. The molecule has 1 heterocycles. The van der Waals surface area contributed by atoms with Gasteiger partial charge in [-0.3, -0.25) is 4.90 Å². The maximum absolute atomic E-state index is 9.59. The van der Waals surface area contributed by atoms with Crippen molar-refractivity contribution in [2.75, 3.05) is 26.7 Å². The molecule has 4 aromatic carbocycles. The van der Waals surface area contributed by atoms with Crippen LogP contribution in [0.5, 0.6) is 17.2 Å². The largest absolute Gasteiger partial charge is 0.496 e. The molecule has 0 radical (unpaired) electrons. The molecule has 0 spiro atoms. The quantitative estimate of drug-likeness (QED) is 0.183.